The number of carboxylic acids is 1. The SMILES string of the molecule is COc1ccccc1-c1c(Cl)cc(NC(=O)NCc2ccc(C(C)C(=O)O)cn2)cc1Cl. The largest absolute Gasteiger partial charge is 0.496 e. The molecule has 0 fully saturated rings. The van der Waals surface area contributed by atoms with Gasteiger partial charge >= 0.3 is 12.0 Å². The Labute approximate surface area is 195 Å². The number of hydrogen-bond donors (Lipinski definition) is 3. The number of pyridine rings is 1. The van der Waals surface area contributed by atoms with Crippen LogP contribution in [0, 0.1) is 0 Å². The maximum atomic E-state index is 12.3. The van der Waals surface area contributed by atoms with Crippen molar-refractivity contribution in [2.24, 2.45) is 0 Å². The number of carboxylic acid groups (broad SMARTS) is 1. The Balaban J connectivity index is 1.66. The summed E-state index contributed by atoms with van der Waals surface area (Å²) < 4.78 is 5.38. The summed E-state index contributed by atoms with van der Waals surface area (Å²) in [6.45, 7) is 1.74. The van der Waals surface area contributed by atoms with Crippen molar-refractivity contribution in [2.75, 3.05) is 12.4 Å². The van der Waals surface area contributed by atoms with Crippen LogP contribution in [0.1, 0.15) is 24.1 Å². The number of benzene rings is 2. The summed E-state index contributed by atoms with van der Waals surface area (Å²) in [5, 5.41) is 15.2. The van der Waals surface area contributed by atoms with Crippen molar-refractivity contribution in [1.82, 2.24) is 10.3 Å². The third-order valence-electron chi connectivity index (χ3n) is 4.82. The van der Waals surface area contributed by atoms with Crippen LogP contribution in [0.15, 0.2) is 54.7 Å². The molecular formula is C23H21Cl2N3O4. The van der Waals surface area contributed by atoms with E-state index < -0.39 is 17.9 Å². The van der Waals surface area contributed by atoms with E-state index >= 15 is 0 Å². The molecule has 0 aliphatic rings. The molecule has 2 amide bonds. The van der Waals surface area contributed by atoms with Crippen molar-refractivity contribution in [3.05, 3.63) is 76.0 Å². The Hall–Kier alpha value is -3.29. The van der Waals surface area contributed by atoms with Gasteiger partial charge < -0.3 is 20.5 Å². The summed E-state index contributed by atoms with van der Waals surface area (Å²) in [6, 6.07) is 13.5. The summed E-state index contributed by atoms with van der Waals surface area (Å²) >= 11 is 12.9. The molecule has 0 spiro atoms. The topological polar surface area (TPSA) is 101 Å². The van der Waals surface area contributed by atoms with Gasteiger partial charge in [0.05, 0.1) is 35.3 Å². The molecule has 1 unspecified atom stereocenters. The van der Waals surface area contributed by atoms with Crippen molar-refractivity contribution < 1.29 is 19.4 Å². The highest BCUT2D eigenvalue weighted by molar-refractivity contribution is 6.40. The summed E-state index contributed by atoms with van der Waals surface area (Å²) in [6.07, 6.45) is 1.49. The van der Waals surface area contributed by atoms with E-state index in [1.54, 1.807) is 38.3 Å². The molecule has 1 atom stereocenters. The number of aliphatic carboxylic acids is 1. The van der Waals surface area contributed by atoms with Gasteiger partial charge in [-0.1, -0.05) is 47.5 Å². The Morgan fingerprint density at radius 1 is 1.12 bits per heavy atom. The first-order valence-electron chi connectivity index (χ1n) is 9.65. The zero-order valence-electron chi connectivity index (χ0n) is 17.4. The van der Waals surface area contributed by atoms with Crippen molar-refractivity contribution >= 4 is 40.9 Å². The quantitative estimate of drug-likeness (QED) is 0.416. The van der Waals surface area contributed by atoms with Crippen LogP contribution in [0.5, 0.6) is 5.75 Å². The van der Waals surface area contributed by atoms with Crippen LogP contribution in [0.4, 0.5) is 10.5 Å². The lowest BCUT2D eigenvalue weighted by atomic mass is 10.0. The third-order valence-corrected chi connectivity index (χ3v) is 5.42. The average molecular weight is 474 g/mol. The van der Waals surface area contributed by atoms with Gasteiger partial charge in [0.25, 0.3) is 0 Å². The second-order valence-corrected chi connectivity index (χ2v) is 7.78. The predicted molar refractivity (Wildman–Crippen MR) is 125 cm³/mol. The number of nitrogens with zero attached hydrogens (tertiary/aromatic N) is 1. The minimum atomic E-state index is -0.925. The van der Waals surface area contributed by atoms with Crippen LogP contribution >= 0.6 is 23.2 Å². The number of rotatable bonds is 7. The van der Waals surface area contributed by atoms with Gasteiger partial charge in [0.15, 0.2) is 0 Å². The molecule has 1 aromatic heterocycles. The van der Waals surface area contributed by atoms with E-state index in [4.69, 9.17) is 33.0 Å². The average Bonchev–Trinajstić information content (AvgIpc) is 2.77. The number of carbonyl (C=O) groups is 2. The number of hydrogen-bond acceptors (Lipinski definition) is 4. The van der Waals surface area contributed by atoms with Gasteiger partial charge in [-0.3, -0.25) is 9.78 Å². The fourth-order valence-corrected chi connectivity index (χ4v) is 3.73. The van der Waals surface area contributed by atoms with Crippen molar-refractivity contribution in [2.45, 2.75) is 19.4 Å². The fourth-order valence-electron chi connectivity index (χ4n) is 3.04. The van der Waals surface area contributed by atoms with Crippen molar-refractivity contribution in [3.8, 4) is 16.9 Å². The highest BCUT2D eigenvalue weighted by Crippen LogP contribution is 2.41. The summed E-state index contributed by atoms with van der Waals surface area (Å²) in [4.78, 5) is 27.5. The number of methoxy groups -OCH3 is 1. The maximum absolute atomic E-state index is 12.3. The zero-order chi connectivity index (χ0) is 23.3. The number of amides is 2. The van der Waals surface area contributed by atoms with Gasteiger partial charge in [-0.25, -0.2) is 4.79 Å². The first kappa shape index (κ1) is 23.4. The number of nitrogens with one attached hydrogen (secondary N) is 2. The van der Waals surface area contributed by atoms with Crippen LogP contribution in [-0.2, 0) is 11.3 Å². The Kier molecular flexibility index (Phi) is 7.56. The van der Waals surface area contributed by atoms with Gasteiger partial charge in [-0.2, -0.15) is 0 Å². The monoisotopic (exact) mass is 473 g/mol. The zero-order valence-corrected chi connectivity index (χ0v) is 18.9. The van der Waals surface area contributed by atoms with E-state index in [2.05, 4.69) is 15.6 Å². The molecule has 0 saturated carbocycles. The Morgan fingerprint density at radius 2 is 1.81 bits per heavy atom. The number of carbonyl (C=O) groups excluding carboxylic acids is 1. The smallest absolute Gasteiger partial charge is 0.319 e. The molecule has 3 N–H and O–H groups in total. The fraction of sp³-hybridized carbons (Fsp3) is 0.174. The molecule has 3 rings (SSSR count). The van der Waals surface area contributed by atoms with E-state index in [1.165, 1.54) is 6.20 Å². The lowest BCUT2D eigenvalue weighted by Crippen LogP contribution is -2.28. The molecule has 166 valence electrons. The number of halogens is 2. The number of para-hydroxylation sites is 1. The van der Waals surface area contributed by atoms with Crippen LogP contribution in [-0.4, -0.2) is 29.2 Å². The van der Waals surface area contributed by atoms with Crippen LogP contribution in [0.3, 0.4) is 0 Å². The van der Waals surface area contributed by atoms with Crippen LogP contribution < -0.4 is 15.4 Å². The third kappa shape index (κ3) is 5.49. The second kappa shape index (κ2) is 10.3. The van der Waals surface area contributed by atoms with E-state index in [1.807, 2.05) is 24.3 Å². The minimum absolute atomic E-state index is 0.161. The molecule has 0 bridgehead atoms. The van der Waals surface area contributed by atoms with Gasteiger partial charge in [-0.15, -0.1) is 0 Å². The van der Waals surface area contributed by atoms with Gasteiger partial charge in [-0.05, 0) is 36.8 Å². The highest BCUT2D eigenvalue weighted by Gasteiger charge is 2.16. The number of urea groups is 1. The second-order valence-electron chi connectivity index (χ2n) is 6.97. The summed E-state index contributed by atoms with van der Waals surface area (Å²) in [7, 11) is 1.57. The standard InChI is InChI=1S/C23H21Cl2N3O4/c1-13(22(29)30)14-7-8-15(26-11-14)12-27-23(31)28-16-9-18(24)21(19(25)10-16)17-5-3-4-6-20(17)32-2/h3-11,13H,12H2,1-2H3,(H,29,30)(H2,27,28,31). The highest BCUT2D eigenvalue weighted by atomic mass is 35.5. The summed E-state index contributed by atoms with van der Waals surface area (Å²) in [5.74, 6) is -0.946. The first-order chi connectivity index (χ1) is 15.3. The lowest BCUT2D eigenvalue weighted by molar-refractivity contribution is -0.138. The minimum Gasteiger partial charge on any atom is -0.496 e. The van der Waals surface area contributed by atoms with Crippen molar-refractivity contribution in [1.29, 1.82) is 0 Å². The molecule has 3 aromatic rings. The molecule has 9 heteroatoms. The van der Waals surface area contributed by atoms with E-state index in [0.29, 0.717) is 38.3 Å². The Morgan fingerprint density at radius 3 is 2.41 bits per heavy atom. The molecule has 0 saturated heterocycles. The molecule has 7 nitrogen and oxygen atoms in total. The number of anilines is 1. The molecule has 0 aliphatic heterocycles. The van der Waals surface area contributed by atoms with Gasteiger partial charge in [0.2, 0.25) is 0 Å². The Bertz CT molecular complexity index is 1110. The van der Waals surface area contributed by atoms with Crippen molar-refractivity contribution in [3.63, 3.8) is 0 Å². The van der Waals surface area contributed by atoms with Gasteiger partial charge in [0.1, 0.15) is 5.75 Å². The van der Waals surface area contributed by atoms with E-state index in [9.17, 15) is 9.59 Å². The van der Waals surface area contributed by atoms with Crippen LogP contribution in [0.25, 0.3) is 11.1 Å². The molecule has 1 heterocycles. The first-order valence-corrected chi connectivity index (χ1v) is 10.4. The number of ether oxygens (including phenoxy) is 1. The molecule has 32 heavy (non-hydrogen) atoms. The maximum Gasteiger partial charge on any atom is 0.319 e. The van der Waals surface area contributed by atoms with E-state index in [-0.39, 0.29) is 6.54 Å². The summed E-state index contributed by atoms with van der Waals surface area (Å²) in [5.41, 5.74) is 2.95. The molecule has 0 radical (unpaired) electrons. The normalized spacial score (nSPS) is 11.5. The number of aromatic nitrogens is 1. The molecular weight excluding hydrogens is 453 g/mol. The van der Waals surface area contributed by atoms with Gasteiger partial charge in [0, 0.05) is 23.0 Å². The lowest BCUT2D eigenvalue weighted by Gasteiger charge is -2.14. The predicted octanol–water partition coefficient (Wildman–Crippen LogP) is 5.57. The molecule has 2 aromatic carbocycles. The van der Waals surface area contributed by atoms with E-state index in [0.717, 1.165) is 5.56 Å². The van der Waals surface area contributed by atoms with Crippen LogP contribution in [0.2, 0.25) is 10.0 Å². The molecule has 0 aliphatic carbocycles.